The number of nitrogens with two attached hydrogens (primary N) is 1. The number of carbonyl (C=O) groups is 2. The second-order valence-electron chi connectivity index (χ2n) is 7.14. The van der Waals surface area contributed by atoms with Crippen LogP contribution in [0.1, 0.15) is 23.2 Å². The SMILES string of the molecule is NC(=O)C1CCN(C2CN(C(=O)c3ccc4ccccc4c3)C2)CC1. The molecule has 2 fully saturated rings. The van der Waals surface area contributed by atoms with Gasteiger partial charge in [0.1, 0.15) is 0 Å². The summed E-state index contributed by atoms with van der Waals surface area (Å²) in [5, 5.41) is 2.25. The third-order valence-corrected chi connectivity index (χ3v) is 5.59. The fraction of sp³-hybridized carbons (Fsp3) is 0.400. The smallest absolute Gasteiger partial charge is 0.253 e. The van der Waals surface area contributed by atoms with Crippen LogP contribution in [0, 0.1) is 5.92 Å². The number of primary amides is 1. The van der Waals surface area contributed by atoms with Gasteiger partial charge in [0.15, 0.2) is 0 Å². The highest BCUT2D eigenvalue weighted by Crippen LogP contribution is 2.25. The van der Waals surface area contributed by atoms with Gasteiger partial charge in [-0.15, -0.1) is 0 Å². The molecule has 2 aromatic carbocycles. The minimum Gasteiger partial charge on any atom is -0.369 e. The summed E-state index contributed by atoms with van der Waals surface area (Å²) in [5.74, 6) is -0.0537. The van der Waals surface area contributed by atoms with Gasteiger partial charge in [0, 0.05) is 30.6 Å². The average molecular weight is 337 g/mol. The van der Waals surface area contributed by atoms with Crippen LogP contribution in [0.5, 0.6) is 0 Å². The van der Waals surface area contributed by atoms with E-state index in [9.17, 15) is 9.59 Å². The molecular weight excluding hydrogens is 314 g/mol. The molecule has 2 aliphatic rings. The molecule has 5 heteroatoms. The molecule has 0 radical (unpaired) electrons. The number of hydrogen-bond donors (Lipinski definition) is 1. The number of rotatable bonds is 3. The Morgan fingerprint density at radius 3 is 2.32 bits per heavy atom. The fourth-order valence-corrected chi connectivity index (χ4v) is 3.91. The van der Waals surface area contributed by atoms with Crippen LogP contribution < -0.4 is 5.73 Å². The third-order valence-electron chi connectivity index (χ3n) is 5.59. The van der Waals surface area contributed by atoms with Crippen molar-refractivity contribution in [2.45, 2.75) is 18.9 Å². The predicted octanol–water partition coefficient (Wildman–Crippen LogP) is 1.86. The zero-order chi connectivity index (χ0) is 17.4. The maximum absolute atomic E-state index is 12.7. The number of hydrogen-bond acceptors (Lipinski definition) is 3. The lowest BCUT2D eigenvalue weighted by atomic mass is 9.93. The normalized spacial score (nSPS) is 19.8. The van der Waals surface area contributed by atoms with E-state index in [0.717, 1.165) is 55.4 Å². The van der Waals surface area contributed by atoms with Crippen molar-refractivity contribution in [3.8, 4) is 0 Å². The highest BCUT2D eigenvalue weighted by atomic mass is 16.2. The number of piperidine rings is 1. The second kappa shape index (κ2) is 6.48. The molecule has 2 amide bonds. The van der Waals surface area contributed by atoms with Crippen molar-refractivity contribution >= 4 is 22.6 Å². The number of fused-ring (bicyclic) bond motifs is 1. The summed E-state index contributed by atoms with van der Waals surface area (Å²) in [4.78, 5) is 28.2. The van der Waals surface area contributed by atoms with E-state index in [-0.39, 0.29) is 17.7 Å². The van der Waals surface area contributed by atoms with Gasteiger partial charge in [-0.2, -0.15) is 0 Å². The molecule has 0 unspecified atom stereocenters. The van der Waals surface area contributed by atoms with E-state index in [1.807, 2.05) is 41.3 Å². The Bertz CT molecular complexity index is 805. The quantitative estimate of drug-likeness (QED) is 0.930. The van der Waals surface area contributed by atoms with Gasteiger partial charge in [-0.1, -0.05) is 30.3 Å². The molecule has 0 spiro atoms. The molecule has 2 N–H and O–H groups in total. The maximum atomic E-state index is 12.7. The van der Waals surface area contributed by atoms with Gasteiger partial charge >= 0.3 is 0 Å². The predicted molar refractivity (Wildman–Crippen MR) is 97.1 cm³/mol. The molecule has 0 aromatic heterocycles. The Kier molecular flexibility index (Phi) is 4.17. The van der Waals surface area contributed by atoms with Crippen LogP contribution in [0.25, 0.3) is 10.8 Å². The zero-order valence-electron chi connectivity index (χ0n) is 14.2. The molecule has 2 aliphatic heterocycles. The second-order valence-corrected chi connectivity index (χ2v) is 7.14. The lowest BCUT2D eigenvalue weighted by Gasteiger charge is -2.47. The van der Waals surface area contributed by atoms with Crippen LogP contribution in [0.4, 0.5) is 0 Å². The Morgan fingerprint density at radius 2 is 1.64 bits per heavy atom. The standard InChI is InChI=1S/C20H23N3O2/c21-19(24)15-7-9-22(10-8-15)18-12-23(13-18)20(25)17-6-5-14-3-1-2-4-16(14)11-17/h1-6,11,15,18H,7-10,12-13H2,(H2,21,24). The summed E-state index contributed by atoms with van der Waals surface area (Å²) in [6, 6.07) is 14.4. The van der Waals surface area contributed by atoms with Gasteiger partial charge in [0.05, 0.1) is 0 Å². The summed E-state index contributed by atoms with van der Waals surface area (Å²) in [6.45, 7) is 3.34. The monoisotopic (exact) mass is 337 g/mol. The van der Waals surface area contributed by atoms with E-state index in [1.165, 1.54) is 0 Å². The van der Waals surface area contributed by atoms with Crippen LogP contribution in [0.15, 0.2) is 42.5 Å². The van der Waals surface area contributed by atoms with E-state index < -0.39 is 0 Å². The molecule has 4 rings (SSSR count). The van der Waals surface area contributed by atoms with Crippen molar-refractivity contribution in [3.63, 3.8) is 0 Å². The number of benzene rings is 2. The molecule has 0 aliphatic carbocycles. The summed E-state index contributed by atoms with van der Waals surface area (Å²) in [6.07, 6.45) is 1.68. The summed E-state index contributed by atoms with van der Waals surface area (Å²) >= 11 is 0. The Morgan fingerprint density at radius 1 is 0.960 bits per heavy atom. The van der Waals surface area contributed by atoms with E-state index >= 15 is 0 Å². The van der Waals surface area contributed by atoms with Crippen LogP contribution in [0.2, 0.25) is 0 Å². The van der Waals surface area contributed by atoms with Crippen LogP contribution in [-0.2, 0) is 4.79 Å². The Balaban J connectivity index is 1.35. The minimum atomic E-state index is -0.179. The minimum absolute atomic E-state index is 0.0201. The van der Waals surface area contributed by atoms with Crippen molar-refractivity contribution in [1.82, 2.24) is 9.80 Å². The average Bonchev–Trinajstić information content (AvgIpc) is 2.60. The van der Waals surface area contributed by atoms with Crippen molar-refractivity contribution in [1.29, 1.82) is 0 Å². The molecule has 2 heterocycles. The Labute approximate surface area is 147 Å². The van der Waals surface area contributed by atoms with Gasteiger partial charge in [-0.3, -0.25) is 14.5 Å². The van der Waals surface area contributed by atoms with Crippen LogP contribution in [0.3, 0.4) is 0 Å². The van der Waals surface area contributed by atoms with E-state index in [0.29, 0.717) is 6.04 Å². The van der Waals surface area contributed by atoms with E-state index in [2.05, 4.69) is 11.0 Å². The number of nitrogens with zero attached hydrogens (tertiary/aromatic N) is 2. The van der Waals surface area contributed by atoms with Crippen molar-refractivity contribution in [2.24, 2.45) is 11.7 Å². The van der Waals surface area contributed by atoms with Crippen LogP contribution in [-0.4, -0.2) is 53.8 Å². The van der Waals surface area contributed by atoms with Gasteiger partial charge < -0.3 is 10.6 Å². The molecule has 0 saturated carbocycles. The van der Waals surface area contributed by atoms with Gasteiger partial charge in [0.25, 0.3) is 5.91 Å². The maximum Gasteiger partial charge on any atom is 0.253 e. The molecule has 25 heavy (non-hydrogen) atoms. The number of amides is 2. The molecule has 130 valence electrons. The van der Waals surface area contributed by atoms with Gasteiger partial charge in [-0.05, 0) is 48.8 Å². The van der Waals surface area contributed by atoms with Crippen molar-refractivity contribution in [2.75, 3.05) is 26.2 Å². The first-order valence-electron chi connectivity index (χ1n) is 8.93. The highest BCUT2D eigenvalue weighted by molar-refractivity contribution is 5.99. The van der Waals surface area contributed by atoms with Crippen LogP contribution >= 0.6 is 0 Å². The number of carbonyl (C=O) groups excluding carboxylic acids is 2. The third kappa shape index (κ3) is 3.12. The van der Waals surface area contributed by atoms with Crippen molar-refractivity contribution in [3.05, 3.63) is 48.0 Å². The fourth-order valence-electron chi connectivity index (χ4n) is 3.91. The summed E-state index contributed by atoms with van der Waals surface area (Å²) in [7, 11) is 0. The van der Waals surface area contributed by atoms with Crippen molar-refractivity contribution < 1.29 is 9.59 Å². The number of likely N-dealkylation sites (tertiary alicyclic amines) is 2. The first-order valence-corrected chi connectivity index (χ1v) is 8.93. The molecule has 2 aromatic rings. The molecule has 0 bridgehead atoms. The highest BCUT2D eigenvalue weighted by Gasteiger charge is 2.37. The van der Waals surface area contributed by atoms with Gasteiger partial charge in [0.2, 0.25) is 5.91 Å². The molecular formula is C20H23N3O2. The molecule has 5 nitrogen and oxygen atoms in total. The largest absolute Gasteiger partial charge is 0.369 e. The Hall–Kier alpha value is -2.40. The lowest BCUT2D eigenvalue weighted by Crippen LogP contribution is -2.62. The molecule has 0 atom stereocenters. The first-order chi connectivity index (χ1) is 12.1. The molecule has 2 saturated heterocycles. The summed E-state index contributed by atoms with van der Waals surface area (Å²) in [5.41, 5.74) is 6.14. The zero-order valence-corrected chi connectivity index (χ0v) is 14.2. The first kappa shape index (κ1) is 16.1. The van der Waals surface area contributed by atoms with E-state index in [4.69, 9.17) is 5.73 Å². The topological polar surface area (TPSA) is 66.6 Å². The van der Waals surface area contributed by atoms with E-state index in [1.54, 1.807) is 0 Å². The lowest BCUT2D eigenvalue weighted by molar-refractivity contribution is -0.123. The van der Waals surface area contributed by atoms with Gasteiger partial charge in [-0.25, -0.2) is 0 Å². The summed E-state index contributed by atoms with van der Waals surface area (Å²) < 4.78 is 0.